The lowest BCUT2D eigenvalue weighted by Crippen LogP contribution is -1.94. The van der Waals surface area contributed by atoms with Crippen LogP contribution in [-0.4, -0.2) is 9.13 Å². The number of hydrogen-bond donors (Lipinski definition) is 0. The van der Waals surface area contributed by atoms with E-state index in [1.54, 1.807) is 0 Å². The van der Waals surface area contributed by atoms with Gasteiger partial charge in [-0.3, -0.25) is 0 Å². The third kappa shape index (κ3) is 4.52. The number of fused-ring (bicyclic) bond motifs is 16. The third-order valence-corrected chi connectivity index (χ3v) is 15.1. The van der Waals surface area contributed by atoms with Crippen molar-refractivity contribution < 1.29 is 0 Å². The first kappa shape index (κ1) is 32.7. The zero-order valence-electron chi connectivity index (χ0n) is 32.2. The molecule has 0 aliphatic heterocycles. The summed E-state index contributed by atoms with van der Waals surface area (Å²) in [7, 11) is 0. The summed E-state index contributed by atoms with van der Waals surface area (Å²) in [5.41, 5.74) is 9.76. The Morgan fingerprint density at radius 1 is 0.283 bits per heavy atom. The van der Waals surface area contributed by atoms with Gasteiger partial charge in [0.2, 0.25) is 0 Å². The van der Waals surface area contributed by atoms with E-state index in [1.807, 2.05) is 22.7 Å². The van der Waals surface area contributed by atoms with Gasteiger partial charge in [0.15, 0.2) is 0 Å². The van der Waals surface area contributed by atoms with Crippen molar-refractivity contribution in [2.45, 2.75) is 0 Å². The van der Waals surface area contributed by atoms with Crippen LogP contribution in [0.15, 0.2) is 194 Å². The van der Waals surface area contributed by atoms with Gasteiger partial charge in [-0.25, -0.2) is 0 Å². The zero-order chi connectivity index (χ0) is 39.1. The standard InChI is InChI=1S/C56H32N2S2/c1-3-11-35-29-39(21-17-33(35)9-1)57-47-25-19-37(31-45(47)41-23-27-51-53(55(41)57)43-13-5-7-15-49(43)59-51)38-20-26-48-46(32-38)42-24-28-52-54(44-14-6-8-16-50(44)60-52)56(42)58(48)40-22-18-34-10-2-4-12-36(34)30-40/h1-32H. The summed E-state index contributed by atoms with van der Waals surface area (Å²) < 4.78 is 10.3. The zero-order valence-corrected chi connectivity index (χ0v) is 33.8. The van der Waals surface area contributed by atoms with Gasteiger partial charge in [-0.05, 0) is 105 Å². The van der Waals surface area contributed by atoms with Gasteiger partial charge in [0.25, 0.3) is 0 Å². The number of aromatic nitrogens is 2. The summed E-state index contributed by atoms with van der Waals surface area (Å²) in [6, 6.07) is 72.5. The molecular formula is C56H32N2S2. The molecule has 0 unspecified atom stereocenters. The third-order valence-electron chi connectivity index (χ3n) is 12.9. The highest BCUT2D eigenvalue weighted by atomic mass is 32.1. The molecule has 4 heterocycles. The predicted molar refractivity (Wildman–Crippen MR) is 261 cm³/mol. The normalized spacial score (nSPS) is 12.3. The molecule has 0 aliphatic rings. The van der Waals surface area contributed by atoms with E-state index in [1.165, 1.54) is 128 Å². The van der Waals surface area contributed by atoms with Gasteiger partial charge in [-0.2, -0.15) is 0 Å². The van der Waals surface area contributed by atoms with Crippen LogP contribution >= 0.6 is 22.7 Å². The highest BCUT2D eigenvalue weighted by molar-refractivity contribution is 7.26. The molecule has 0 bridgehead atoms. The molecule has 0 saturated carbocycles. The molecule has 0 amide bonds. The Hall–Kier alpha value is -7.24. The number of rotatable bonds is 3. The molecule has 14 aromatic rings. The first-order valence-electron chi connectivity index (χ1n) is 20.5. The predicted octanol–water partition coefficient (Wildman–Crippen LogP) is 16.6. The van der Waals surface area contributed by atoms with Crippen LogP contribution in [-0.2, 0) is 0 Å². The first-order chi connectivity index (χ1) is 29.7. The van der Waals surface area contributed by atoms with Crippen molar-refractivity contribution in [2.24, 2.45) is 0 Å². The summed E-state index contributed by atoms with van der Waals surface area (Å²) in [5.74, 6) is 0. The van der Waals surface area contributed by atoms with Gasteiger partial charge in [0.05, 0.1) is 22.1 Å². The smallest absolute Gasteiger partial charge is 0.0634 e. The first-order valence-corrected chi connectivity index (χ1v) is 22.1. The maximum Gasteiger partial charge on any atom is 0.0634 e. The molecule has 0 atom stereocenters. The van der Waals surface area contributed by atoms with Crippen molar-refractivity contribution in [3.8, 4) is 22.5 Å². The van der Waals surface area contributed by atoms with Gasteiger partial charge < -0.3 is 9.13 Å². The summed E-state index contributed by atoms with van der Waals surface area (Å²) >= 11 is 3.76. The minimum Gasteiger partial charge on any atom is -0.309 e. The summed E-state index contributed by atoms with van der Waals surface area (Å²) in [6.45, 7) is 0. The lowest BCUT2D eigenvalue weighted by Gasteiger charge is -2.11. The Kier molecular flexibility index (Phi) is 6.62. The number of benzene rings is 10. The summed E-state index contributed by atoms with van der Waals surface area (Å²) in [5, 5.41) is 15.3. The van der Waals surface area contributed by atoms with Crippen molar-refractivity contribution in [1.82, 2.24) is 9.13 Å². The van der Waals surface area contributed by atoms with Crippen molar-refractivity contribution in [3.63, 3.8) is 0 Å². The van der Waals surface area contributed by atoms with Gasteiger partial charge in [0.1, 0.15) is 0 Å². The quantitative estimate of drug-likeness (QED) is 0.169. The van der Waals surface area contributed by atoms with E-state index in [-0.39, 0.29) is 0 Å². The lowest BCUT2D eigenvalue weighted by atomic mass is 10.00. The fraction of sp³-hybridized carbons (Fsp3) is 0. The second-order valence-electron chi connectivity index (χ2n) is 16.1. The Morgan fingerprint density at radius 2 is 0.717 bits per heavy atom. The fourth-order valence-corrected chi connectivity index (χ4v) is 12.4. The van der Waals surface area contributed by atoms with E-state index in [0.29, 0.717) is 0 Å². The highest BCUT2D eigenvalue weighted by Gasteiger charge is 2.22. The number of nitrogens with zero attached hydrogens (tertiary/aromatic N) is 2. The van der Waals surface area contributed by atoms with E-state index in [2.05, 4.69) is 203 Å². The molecule has 4 heteroatoms. The molecule has 4 aromatic heterocycles. The van der Waals surface area contributed by atoms with Crippen LogP contribution in [0.3, 0.4) is 0 Å². The van der Waals surface area contributed by atoms with Gasteiger partial charge in [-0.1, -0.05) is 121 Å². The van der Waals surface area contributed by atoms with Crippen molar-refractivity contribution in [1.29, 1.82) is 0 Å². The van der Waals surface area contributed by atoms with E-state index < -0.39 is 0 Å². The maximum atomic E-state index is 2.51. The van der Waals surface area contributed by atoms with Crippen molar-refractivity contribution >= 4 is 128 Å². The molecule has 60 heavy (non-hydrogen) atoms. The van der Waals surface area contributed by atoms with Crippen molar-refractivity contribution in [3.05, 3.63) is 194 Å². The molecule has 0 fully saturated rings. The molecule has 0 N–H and O–H groups in total. The molecule has 0 aliphatic carbocycles. The minimum atomic E-state index is 1.18. The Balaban J connectivity index is 1.04. The molecule has 10 aromatic carbocycles. The lowest BCUT2D eigenvalue weighted by molar-refractivity contribution is 1.19. The molecule has 0 spiro atoms. The van der Waals surface area contributed by atoms with Gasteiger partial charge >= 0.3 is 0 Å². The van der Waals surface area contributed by atoms with Crippen LogP contribution in [0.2, 0.25) is 0 Å². The molecule has 0 saturated heterocycles. The van der Waals surface area contributed by atoms with Gasteiger partial charge in [-0.15, -0.1) is 22.7 Å². The second-order valence-corrected chi connectivity index (χ2v) is 18.2. The van der Waals surface area contributed by atoms with Crippen LogP contribution in [0.25, 0.3) is 128 Å². The molecule has 2 nitrogen and oxygen atoms in total. The van der Waals surface area contributed by atoms with Crippen LogP contribution in [0.1, 0.15) is 0 Å². The minimum absolute atomic E-state index is 1.18. The average Bonchev–Trinajstić information content (AvgIpc) is 4.05. The van der Waals surface area contributed by atoms with Crippen LogP contribution in [0.5, 0.6) is 0 Å². The Labute approximate surface area is 352 Å². The topological polar surface area (TPSA) is 9.86 Å². The highest BCUT2D eigenvalue weighted by Crippen LogP contribution is 2.46. The number of thiophene rings is 2. The van der Waals surface area contributed by atoms with E-state index in [0.717, 1.165) is 0 Å². The van der Waals surface area contributed by atoms with Crippen LogP contribution in [0, 0.1) is 0 Å². The molecule has 14 rings (SSSR count). The van der Waals surface area contributed by atoms with Gasteiger partial charge in [0, 0.05) is 73.3 Å². The molecule has 0 radical (unpaired) electrons. The maximum absolute atomic E-state index is 2.51. The number of hydrogen-bond acceptors (Lipinski definition) is 2. The summed E-state index contributed by atoms with van der Waals surface area (Å²) in [4.78, 5) is 0. The van der Waals surface area contributed by atoms with Crippen LogP contribution < -0.4 is 0 Å². The molecule has 278 valence electrons. The average molecular weight is 797 g/mol. The van der Waals surface area contributed by atoms with E-state index >= 15 is 0 Å². The van der Waals surface area contributed by atoms with Crippen LogP contribution in [0.4, 0.5) is 0 Å². The second kappa shape index (κ2) is 12.2. The summed E-state index contributed by atoms with van der Waals surface area (Å²) in [6.07, 6.45) is 0. The van der Waals surface area contributed by atoms with E-state index in [9.17, 15) is 0 Å². The monoisotopic (exact) mass is 796 g/mol. The Morgan fingerprint density at radius 3 is 1.20 bits per heavy atom. The molecular weight excluding hydrogens is 765 g/mol. The fourth-order valence-electron chi connectivity index (χ4n) is 10.2. The Bertz CT molecular complexity index is 3870. The van der Waals surface area contributed by atoms with Crippen molar-refractivity contribution in [2.75, 3.05) is 0 Å². The largest absolute Gasteiger partial charge is 0.309 e. The SMILES string of the molecule is c1ccc2cc(-n3c4ccc(-c5ccc6c(c5)c5ccc7sc8ccccc8c7c5n6-c5ccc6ccccc6c5)cc4c4ccc5sc6ccccc6c5c43)ccc2c1. The van der Waals surface area contributed by atoms with E-state index in [4.69, 9.17) is 0 Å².